The average molecular weight is 291 g/mol. The minimum atomic E-state index is -0.246. The van der Waals surface area contributed by atoms with E-state index in [-0.39, 0.29) is 11.2 Å². The predicted octanol–water partition coefficient (Wildman–Crippen LogP) is 3.35. The van der Waals surface area contributed by atoms with E-state index in [4.69, 9.17) is 11.0 Å². The Labute approximate surface area is 123 Å². The topological polar surface area (TPSA) is 82.7 Å². The highest BCUT2D eigenvalue weighted by Crippen LogP contribution is 2.36. The number of nitrogens with two attached hydrogens (primary N) is 1. The fourth-order valence-corrected chi connectivity index (χ4v) is 3.76. The number of nitrogens with zero attached hydrogens (tertiary/aromatic N) is 1. The van der Waals surface area contributed by atoms with Gasteiger partial charge in [-0.3, -0.25) is 4.79 Å². The maximum atomic E-state index is 12.3. The fourth-order valence-electron chi connectivity index (χ4n) is 2.71. The van der Waals surface area contributed by atoms with Crippen LogP contribution in [0.5, 0.6) is 0 Å². The third-order valence-electron chi connectivity index (χ3n) is 3.69. The van der Waals surface area contributed by atoms with Crippen LogP contribution < -0.4 is 11.3 Å². The normalized spacial score (nSPS) is 11.2. The van der Waals surface area contributed by atoms with Gasteiger partial charge in [-0.2, -0.15) is 5.26 Å². The molecule has 4 rings (SSSR count). The molecule has 0 aliphatic heterocycles. The Hall–Kier alpha value is -2.84. The molecule has 2 heterocycles. The summed E-state index contributed by atoms with van der Waals surface area (Å²) in [4.78, 5) is 15.6. The molecule has 0 saturated carbocycles. The molecule has 4 nitrogen and oxygen atoms in total. The summed E-state index contributed by atoms with van der Waals surface area (Å²) in [7, 11) is 0. The molecule has 2 aromatic carbocycles. The molecule has 0 radical (unpaired) electrons. The fraction of sp³-hybridized carbons (Fsp3) is 0. The SMILES string of the molecule is N#Cc1sc2c(c1N)c(=O)[nH]c1c3ccccc3ccc12. The van der Waals surface area contributed by atoms with Gasteiger partial charge in [0.1, 0.15) is 10.9 Å². The van der Waals surface area contributed by atoms with Crippen molar-refractivity contribution < 1.29 is 0 Å². The van der Waals surface area contributed by atoms with Gasteiger partial charge in [0.2, 0.25) is 0 Å². The number of rotatable bonds is 0. The molecule has 0 amide bonds. The van der Waals surface area contributed by atoms with Gasteiger partial charge in [-0.15, -0.1) is 11.3 Å². The van der Waals surface area contributed by atoms with E-state index in [1.807, 2.05) is 36.4 Å². The number of anilines is 1. The van der Waals surface area contributed by atoms with Gasteiger partial charge in [0, 0.05) is 10.8 Å². The summed E-state index contributed by atoms with van der Waals surface area (Å²) >= 11 is 1.27. The predicted molar refractivity (Wildman–Crippen MR) is 86.6 cm³/mol. The van der Waals surface area contributed by atoms with E-state index < -0.39 is 0 Å². The molecule has 100 valence electrons. The second-order valence-electron chi connectivity index (χ2n) is 4.82. The average Bonchev–Trinajstić information content (AvgIpc) is 2.85. The van der Waals surface area contributed by atoms with E-state index in [1.54, 1.807) is 0 Å². The van der Waals surface area contributed by atoms with Crippen LogP contribution in [0.2, 0.25) is 0 Å². The third-order valence-corrected chi connectivity index (χ3v) is 4.83. The summed E-state index contributed by atoms with van der Waals surface area (Å²) < 4.78 is 0.772. The van der Waals surface area contributed by atoms with Crippen LogP contribution in [-0.2, 0) is 0 Å². The van der Waals surface area contributed by atoms with Crippen molar-refractivity contribution in [3.05, 3.63) is 51.6 Å². The highest BCUT2D eigenvalue weighted by Gasteiger charge is 2.16. The van der Waals surface area contributed by atoms with Crippen LogP contribution in [0.4, 0.5) is 5.69 Å². The second kappa shape index (κ2) is 4.08. The first-order valence-electron chi connectivity index (χ1n) is 6.36. The molecule has 0 spiro atoms. The number of nitrogen functional groups attached to an aromatic ring is 1. The highest BCUT2D eigenvalue weighted by atomic mass is 32.1. The molecule has 2 aromatic heterocycles. The van der Waals surface area contributed by atoms with Crippen molar-refractivity contribution in [3.63, 3.8) is 0 Å². The van der Waals surface area contributed by atoms with Crippen LogP contribution in [0, 0.1) is 11.3 Å². The quantitative estimate of drug-likeness (QED) is 0.487. The second-order valence-corrected chi connectivity index (χ2v) is 5.84. The van der Waals surface area contributed by atoms with Crippen molar-refractivity contribution in [2.24, 2.45) is 0 Å². The molecule has 0 unspecified atom stereocenters. The first-order chi connectivity index (χ1) is 10.2. The number of aromatic amines is 1. The Morgan fingerprint density at radius 2 is 1.95 bits per heavy atom. The lowest BCUT2D eigenvalue weighted by Crippen LogP contribution is -2.07. The third kappa shape index (κ3) is 1.51. The standard InChI is InChI=1S/C16H9N3OS/c17-7-11-13(18)12-15(21-11)10-6-5-8-3-1-2-4-9(8)14(10)19-16(12)20/h1-6H,18H2,(H,19,20). The molecule has 0 aliphatic carbocycles. The van der Waals surface area contributed by atoms with Crippen LogP contribution in [0.1, 0.15) is 4.88 Å². The van der Waals surface area contributed by atoms with Crippen molar-refractivity contribution in [2.75, 3.05) is 5.73 Å². The van der Waals surface area contributed by atoms with Gasteiger partial charge in [-0.25, -0.2) is 0 Å². The number of aromatic nitrogens is 1. The summed E-state index contributed by atoms with van der Waals surface area (Å²) in [6, 6.07) is 13.9. The monoisotopic (exact) mass is 291 g/mol. The van der Waals surface area contributed by atoms with Gasteiger partial charge in [0.25, 0.3) is 5.56 Å². The Bertz CT molecular complexity index is 1130. The summed E-state index contributed by atoms with van der Waals surface area (Å²) in [5.41, 5.74) is 6.74. The summed E-state index contributed by atoms with van der Waals surface area (Å²) in [5, 5.41) is 12.5. The maximum Gasteiger partial charge on any atom is 0.259 e. The number of hydrogen-bond donors (Lipinski definition) is 2. The lowest BCUT2D eigenvalue weighted by molar-refractivity contribution is 1.36. The number of fused-ring (bicyclic) bond motifs is 5. The van der Waals surface area contributed by atoms with Gasteiger partial charge >= 0.3 is 0 Å². The Balaban J connectivity index is 2.34. The van der Waals surface area contributed by atoms with E-state index in [0.717, 1.165) is 26.4 Å². The van der Waals surface area contributed by atoms with Crippen molar-refractivity contribution in [1.82, 2.24) is 4.98 Å². The van der Waals surface area contributed by atoms with Gasteiger partial charge < -0.3 is 10.7 Å². The zero-order valence-corrected chi connectivity index (χ0v) is 11.6. The minimum Gasteiger partial charge on any atom is -0.396 e. The molecule has 21 heavy (non-hydrogen) atoms. The molecular formula is C16H9N3OS. The molecule has 4 aromatic rings. The molecule has 0 saturated heterocycles. The summed E-state index contributed by atoms with van der Waals surface area (Å²) in [6.07, 6.45) is 0. The summed E-state index contributed by atoms with van der Waals surface area (Å²) in [6.45, 7) is 0. The summed E-state index contributed by atoms with van der Waals surface area (Å²) in [5.74, 6) is 0. The Kier molecular flexibility index (Phi) is 2.32. The molecule has 0 aliphatic rings. The number of pyridine rings is 1. The Morgan fingerprint density at radius 3 is 2.76 bits per heavy atom. The molecular weight excluding hydrogens is 282 g/mol. The van der Waals surface area contributed by atoms with E-state index in [9.17, 15) is 4.79 Å². The maximum absolute atomic E-state index is 12.3. The number of thiophene rings is 1. The zero-order chi connectivity index (χ0) is 14.6. The van der Waals surface area contributed by atoms with Crippen LogP contribution >= 0.6 is 11.3 Å². The van der Waals surface area contributed by atoms with Crippen molar-refractivity contribution in [3.8, 4) is 6.07 Å². The van der Waals surface area contributed by atoms with Gasteiger partial charge in [0.05, 0.1) is 21.3 Å². The smallest absolute Gasteiger partial charge is 0.259 e. The number of nitriles is 1. The van der Waals surface area contributed by atoms with Crippen molar-refractivity contribution >= 4 is 48.8 Å². The van der Waals surface area contributed by atoms with E-state index >= 15 is 0 Å². The number of benzene rings is 2. The zero-order valence-electron chi connectivity index (χ0n) is 10.8. The lowest BCUT2D eigenvalue weighted by Gasteiger charge is -2.04. The van der Waals surface area contributed by atoms with Crippen LogP contribution in [-0.4, -0.2) is 4.98 Å². The molecule has 0 bridgehead atoms. The van der Waals surface area contributed by atoms with Gasteiger partial charge in [-0.1, -0.05) is 36.4 Å². The van der Waals surface area contributed by atoms with Crippen LogP contribution in [0.3, 0.4) is 0 Å². The Morgan fingerprint density at radius 1 is 1.14 bits per heavy atom. The molecule has 3 N–H and O–H groups in total. The van der Waals surface area contributed by atoms with E-state index in [0.29, 0.717) is 10.3 Å². The van der Waals surface area contributed by atoms with Crippen LogP contribution in [0.25, 0.3) is 31.8 Å². The number of H-pyrrole nitrogens is 1. The molecule has 0 atom stereocenters. The van der Waals surface area contributed by atoms with Crippen LogP contribution in [0.15, 0.2) is 41.2 Å². The first kappa shape index (κ1) is 11.9. The van der Waals surface area contributed by atoms with Crippen molar-refractivity contribution in [1.29, 1.82) is 5.26 Å². The number of hydrogen-bond acceptors (Lipinski definition) is 4. The van der Waals surface area contributed by atoms with E-state index in [1.165, 1.54) is 11.3 Å². The minimum absolute atomic E-state index is 0.246. The lowest BCUT2D eigenvalue weighted by atomic mass is 10.1. The first-order valence-corrected chi connectivity index (χ1v) is 7.18. The van der Waals surface area contributed by atoms with Gasteiger partial charge in [0.15, 0.2) is 0 Å². The largest absolute Gasteiger partial charge is 0.396 e. The number of nitrogens with one attached hydrogen (secondary N) is 1. The molecule has 5 heteroatoms. The molecule has 0 fully saturated rings. The van der Waals surface area contributed by atoms with Crippen molar-refractivity contribution in [2.45, 2.75) is 0 Å². The van der Waals surface area contributed by atoms with E-state index in [2.05, 4.69) is 11.1 Å². The van der Waals surface area contributed by atoms with Gasteiger partial charge in [-0.05, 0) is 5.39 Å². The highest BCUT2D eigenvalue weighted by molar-refractivity contribution is 7.21.